The van der Waals surface area contributed by atoms with E-state index in [4.69, 9.17) is 16.3 Å². The molecule has 0 fully saturated rings. The van der Waals surface area contributed by atoms with Crippen LogP contribution in [0.5, 0.6) is 5.75 Å². The molecular formula is C13H14ClN3O2S. The Kier molecular flexibility index (Phi) is 5.20. The summed E-state index contributed by atoms with van der Waals surface area (Å²) < 4.78 is 6.04. The lowest BCUT2D eigenvalue weighted by Gasteiger charge is -2.08. The summed E-state index contributed by atoms with van der Waals surface area (Å²) in [6.07, 6.45) is 1.63. The van der Waals surface area contributed by atoms with E-state index >= 15 is 0 Å². The summed E-state index contributed by atoms with van der Waals surface area (Å²) in [7, 11) is 1.57. The van der Waals surface area contributed by atoms with Gasteiger partial charge in [0, 0.05) is 18.8 Å². The normalized spacial score (nSPS) is 10.1. The number of benzene rings is 1. The van der Waals surface area contributed by atoms with Crippen molar-refractivity contribution in [3.8, 4) is 5.75 Å². The van der Waals surface area contributed by atoms with E-state index in [9.17, 15) is 4.79 Å². The third-order valence-corrected chi connectivity index (χ3v) is 3.57. The number of aromatic nitrogens is 1. The van der Waals surface area contributed by atoms with Crippen LogP contribution in [-0.4, -0.2) is 24.5 Å². The Morgan fingerprint density at radius 3 is 3.05 bits per heavy atom. The van der Waals surface area contributed by atoms with Gasteiger partial charge in [-0.25, -0.2) is 4.98 Å². The molecule has 106 valence electrons. The predicted octanol–water partition coefficient (Wildman–Crippen LogP) is 2.53. The van der Waals surface area contributed by atoms with Crippen LogP contribution in [0.25, 0.3) is 0 Å². The van der Waals surface area contributed by atoms with Crippen molar-refractivity contribution in [2.24, 2.45) is 0 Å². The summed E-state index contributed by atoms with van der Waals surface area (Å²) in [5, 5.41) is 6.63. The number of hydrogen-bond donors (Lipinski definition) is 2. The Balaban J connectivity index is 1.90. The third-order valence-electron chi connectivity index (χ3n) is 2.45. The molecule has 0 radical (unpaired) electrons. The molecule has 0 bridgehead atoms. The SMILES string of the molecule is CNC(=O)COc1cccc(NCc2ncc(Cl)s2)c1. The average Bonchev–Trinajstić information content (AvgIpc) is 2.88. The molecule has 7 heteroatoms. The number of halogens is 1. The number of thiazole rings is 1. The smallest absolute Gasteiger partial charge is 0.257 e. The first-order valence-electron chi connectivity index (χ1n) is 5.95. The molecule has 0 atom stereocenters. The Bertz CT molecular complexity index is 589. The topological polar surface area (TPSA) is 63.2 Å². The first-order valence-corrected chi connectivity index (χ1v) is 7.14. The van der Waals surface area contributed by atoms with Gasteiger partial charge in [0.2, 0.25) is 0 Å². The van der Waals surface area contributed by atoms with Crippen LogP contribution in [0.3, 0.4) is 0 Å². The van der Waals surface area contributed by atoms with Gasteiger partial charge in [-0.1, -0.05) is 17.7 Å². The first-order chi connectivity index (χ1) is 9.67. The van der Waals surface area contributed by atoms with Gasteiger partial charge in [0.05, 0.1) is 12.7 Å². The van der Waals surface area contributed by atoms with E-state index in [1.165, 1.54) is 11.3 Å². The maximum Gasteiger partial charge on any atom is 0.257 e. The summed E-state index contributed by atoms with van der Waals surface area (Å²) in [6.45, 7) is 0.596. The second kappa shape index (κ2) is 7.12. The van der Waals surface area contributed by atoms with Crippen LogP contribution in [0, 0.1) is 0 Å². The van der Waals surface area contributed by atoms with Crippen LogP contribution in [0.1, 0.15) is 5.01 Å². The first kappa shape index (κ1) is 14.6. The monoisotopic (exact) mass is 311 g/mol. The molecule has 0 saturated carbocycles. The predicted molar refractivity (Wildman–Crippen MR) is 80.5 cm³/mol. The van der Waals surface area contributed by atoms with E-state index in [2.05, 4.69) is 15.6 Å². The number of ether oxygens (including phenoxy) is 1. The molecule has 0 aliphatic heterocycles. The van der Waals surface area contributed by atoms with Crippen molar-refractivity contribution < 1.29 is 9.53 Å². The highest BCUT2D eigenvalue weighted by Crippen LogP contribution is 2.21. The van der Waals surface area contributed by atoms with Crippen molar-refractivity contribution in [2.45, 2.75) is 6.54 Å². The standard InChI is InChI=1S/C13H14ClN3O2S/c1-15-12(18)8-19-10-4-2-3-9(5-10)16-7-13-17-6-11(14)20-13/h2-6,16H,7-8H2,1H3,(H,15,18). The number of amides is 1. The van der Waals surface area contributed by atoms with E-state index in [1.54, 1.807) is 19.3 Å². The van der Waals surface area contributed by atoms with Gasteiger partial charge in [-0.15, -0.1) is 11.3 Å². The van der Waals surface area contributed by atoms with E-state index in [0.717, 1.165) is 10.7 Å². The van der Waals surface area contributed by atoms with Crippen molar-refractivity contribution in [2.75, 3.05) is 19.0 Å². The van der Waals surface area contributed by atoms with Crippen LogP contribution in [-0.2, 0) is 11.3 Å². The van der Waals surface area contributed by atoms with Gasteiger partial charge in [-0.2, -0.15) is 0 Å². The zero-order valence-electron chi connectivity index (χ0n) is 10.9. The molecule has 0 aliphatic carbocycles. The Hall–Kier alpha value is -1.79. The van der Waals surface area contributed by atoms with Crippen molar-refractivity contribution in [3.63, 3.8) is 0 Å². The lowest BCUT2D eigenvalue weighted by molar-refractivity contribution is -0.122. The Morgan fingerprint density at radius 2 is 2.35 bits per heavy atom. The molecular weight excluding hydrogens is 298 g/mol. The Labute approximate surface area is 125 Å². The molecule has 2 aromatic rings. The Morgan fingerprint density at radius 1 is 1.50 bits per heavy atom. The number of nitrogens with zero attached hydrogens (tertiary/aromatic N) is 1. The average molecular weight is 312 g/mol. The summed E-state index contributed by atoms with van der Waals surface area (Å²) in [5.74, 6) is 0.469. The lowest BCUT2D eigenvalue weighted by Crippen LogP contribution is -2.24. The summed E-state index contributed by atoms with van der Waals surface area (Å²) in [5.41, 5.74) is 0.894. The van der Waals surface area contributed by atoms with Crippen LogP contribution in [0.2, 0.25) is 4.34 Å². The van der Waals surface area contributed by atoms with Crippen LogP contribution in [0.15, 0.2) is 30.5 Å². The number of nitrogens with one attached hydrogen (secondary N) is 2. The van der Waals surface area contributed by atoms with Crippen LogP contribution in [0.4, 0.5) is 5.69 Å². The number of likely N-dealkylation sites (N-methyl/N-ethyl adjacent to an activating group) is 1. The van der Waals surface area contributed by atoms with Gasteiger partial charge in [0.25, 0.3) is 5.91 Å². The highest BCUT2D eigenvalue weighted by atomic mass is 35.5. The van der Waals surface area contributed by atoms with Crippen LogP contribution >= 0.6 is 22.9 Å². The van der Waals surface area contributed by atoms with E-state index in [1.807, 2.05) is 18.2 Å². The summed E-state index contributed by atoms with van der Waals surface area (Å²) >= 11 is 7.26. The molecule has 20 heavy (non-hydrogen) atoms. The van der Waals surface area contributed by atoms with Gasteiger partial charge >= 0.3 is 0 Å². The van der Waals surface area contributed by atoms with Gasteiger partial charge < -0.3 is 15.4 Å². The van der Waals surface area contributed by atoms with Crippen molar-refractivity contribution in [3.05, 3.63) is 39.8 Å². The largest absolute Gasteiger partial charge is 0.484 e. The van der Waals surface area contributed by atoms with Gasteiger partial charge in [-0.05, 0) is 12.1 Å². The summed E-state index contributed by atoms with van der Waals surface area (Å²) in [4.78, 5) is 15.3. The van der Waals surface area contributed by atoms with Gasteiger partial charge in [0.15, 0.2) is 6.61 Å². The van der Waals surface area contributed by atoms with Crippen molar-refractivity contribution in [1.29, 1.82) is 0 Å². The highest BCUT2D eigenvalue weighted by molar-refractivity contribution is 7.15. The number of carbonyl (C=O) groups is 1. The minimum Gasteiger partial charge on any atom is -0.484 e. The zero-order chi connectivity index (χ0) is 14.4. The van der Waals surface area contributed by atoms with E-state index < -0.39 is 0 Å². The van der Waals surface area contributed by atoms with E-state index in [-0.39, 0.29) is 12.5 Å². The summed E-state index contributed by atoms with van der Waals surface area (Å²) in [6, 6.07) is 7.41. The number of hydrogen-bond acceptors (Lipinski definition) is 5. The lowest BCUT2D eigenvalue weighted by atomic mass is 10.3. The molecule has 0 saturated heterocycles. The fourth-order valence-corrected chi connectivity index (χ4v) is 2.36. The molecule has 2 rings (SSSR count). The molecule has 5 nitrogen and oxygen atoms in total. The van der Waals surface area contributed by atoms with Crippen molar-refractivity contribution in [1.82, 2.24) is 10.3 Å². The molecule has 1 heterocycles. The molecule has 0 aliphatic rings. The molecule has 1 amide bonds. The molecule has 1 aromatic carbocycles. The minimum absolute atomic E-state index is 0.00203. The number of carbonyl (C=O) groups excluding carboxylic acids is 1. The number of anilines is 1. The second-order valence-corrected chi connectivity index (χ2v) is 5.65. The van der Waals surface area contributed by atoms with Crippen molar-refractivity contribution >= 4 is 34.5 Å². The quantitative estimate of drug-likeness (QED) is 0.860. The molecule has 2 N–H and O–H groups in total. The minimum atomic E-state index is -0.166. The maximum atomic E-state index is 11.1. The zero-order valence-corrected chi connectivity index (χ0v) is 12.4. The van der Waals surface area contributed by atoms with Crippen LogP contribution < -0.4 is 15.4 Å². The number of rotatable bonds is 6. The van der Waals surface area contributed by atoms with Gasteiger partial charge in [-0.3, -0.25) is 4.79 Å². The third kappa shape index (κ3) is 4.40. The molecule has 1 aromatic heterocycles. The fraction of sp³-hybridized carbons (Fsp3) is 0.231. The maximum absolute atomic E-state index is 11.1. The fourth-order valence-electron chi connectivity index (χ4n) is 1.46. The highest BCUT2D eigenvalue weighted by Gasteiger charge is 2.02. The second-order valence-electron chi connectivity index (χ2n) is 3.90. The van der Waals surface area contributed by atoms with Gasteiger partial charge in [0.1, 0.15) is 15.1 Å². The van der Waals surface area contributed by atoms with E-state index in [0.29, 0.717) is 16.6 Å². The molecule has 0 unspecified atom stereocenters. The molecule has 0 spiro atoms.